The first-order chi connectivity index (χ1) is 11.9. The molecule has 7 heteroatoms. The van der Waals surface area contributed by atoms with Gasteiger partial charge in [-0.25, -0.2) is 0 Å². The average Bonchev–Trinajstić information content (AvgIpc) is 3.20. The van der Waals surface area contributed by atoms with Crippen molar-refractivity contribution in [1.82, 2.24) is 15.1 Å². The lowest BCUT2D eigenvalue weighted by Crippen LogP contribution is -2.54. The molecular weight excluding hydrogens is 322 g/mol. The minimum atomic E-state index is -0.656. The normalized spacial score (nSPS) is 36.4. The zero-order chi connectivity index (χ0) is 17.8. The predicted molar refractivity (Wildman–Crippen MR) is 89.3 cm³/mol. The lowest BCUT2D eigenvalue weighted by molar-refractivity contribution is -0.146. The molecule has 7 nitrogen and oxygen atoms in total. The molecule has 2 bridgehead atoms. The third-order valence-corrected chi connectivity index (χ3v) is 5.79. The van der Waals surface area contributed by atoms with Gasteiger partial charge in [-0.2, -0.15) is 0 Å². The Kier molecular flexibility index (Phi) is 3.86. The number of hydrogen-bond donors (Lipinski definition) is 1. The zero-order valence-electron chi connectivity index (χ0n) is 14.7. The number of carbonyl (C=O) groups excluding carboxylic acids is 3. The van der Waals surface area contributed by atoms with Crippen LogP contribution in [0.25, 0.3) is 0 Å². The van der Waals surface area contributed by atoms with E-state index >= 15 is 0 Å². The third-order valence-electron chi connectivity index (χ3n) is 5.79. The second kappa shape index (κ2) is 5.83. The lowest BCUT2D eigenvalue weighted by atomic mass is 9.76. The average molecular weight is 347 g/mol. The van der Waals surface area contributed by atoms with E-state index in [0.29, 0.717) is 32.1 Å². The van der Waals surface area contributed by atoms with Crippen LogP contribution in [0.1, 0.15) is 20.3 Å². The first kappa shape index (κ1) is 16.6. The number of likely N-dealkylation sites (tertiary alicyclic amines) is 1. The van der Waals surface area contributed by atoms with E-state index in [1.54, 1.807) is 4.90 Å². The second-order valence-electron chi connectivity index (χ2n) is 7.95. The zero-order valence-corrected chi connectivity index (χ0v) is 14.7. The number of rotatable bonds is 4. The van der Waals surface area contributed by atoms with Gasteiger partial charge in [-0.1, -0.05) is 26.0 Å². The van der Waals surface area contributed by atoms with Crippen molar-refractivity contribution in [3.63, 3.8) is 0 Å². The molecule has 4 atom stereocenters. The summed E-state index contributed by atoms with van der Waals surface area (Å²) in [5, 5.41) is 2.73. The van der Waals surface area contributed by atoms with Crippen molar-refractivity contribution in [2.45, 2.75) is 32.0 Å². The summed E-state index contributed by atoms with van der Waals surface area (Å²) < 4.78 is 6.12. The summed E-state index contributed by atoms with van der Waals surface area (Å²) in [5.74, 6) is -0.699. The fourth-order valence-electron chi connectivity index (χ4n) is 4.50. The number of nitrogens with zero attached hydrogens (tertiary/aromatic N) is 2. The first-order valence-electron chi connectivity index (χ1n) is 9.13. The van der Waals surface area contributed by atoms with Crippen LogP contribution in [-0.2, 0) is 19.1 Å². The monoisotopic (exact) mass is 347 g/mol. The van der Waals surface area contributed by atoms with Gasteiger partial charge in [0, 0.05) is 19.6 Å². The Morgan fingerprint density at radius 1 is 1.44 bits per heavy atom. The Balaban J connectivity index is 1.54. The van der Waals surface area contributed by atoms with Crippen LogP contribution in [0, 0.1) is 17.8 Å². The van der Waals surface area contributed by atoms with Crippen molar-refractivity contribution < 1.29 is 19.1 Å². The summed E-state index contributed by atoms with van der Waals surface area (Å²) in [6, 6.07) is 0. The number of carbonyl (C=O) groups is 3. The van der Waals surface area contributed by atoms with Crippen LogP contribution in [0.4, 0.5) is 0 Å². The molecule has 0 aromatic heterocycles. The molecule has 3 amide bonds. The minimum absolute atomic E-state index is 0.0207. The molecule has 4 aliphatic rings. The van der Waals surface area contributed by atoms with Crippen molar-refractivity contribution in [3.8, 4) is 0 Å². The van der Waals surface area contributed by atoms with E-state index in [0.717, 1.165) is 6.42 Å². The molecule has 1 spiro atoms. The number of fused-ring (bicyclic) bond motifs is 1. The molecule has 0 saturated carbocycles. The molecule has 0 aromatic carbocycles. The SMILES string of the molecule is CC(C)CCN1C[C@]23C=C[C@H](O2)[C@@H](C(=O)N2CCNC(=O)C2)[C@@H]3C1=O. The van der Waals surface area contributed by atoms with E-state index in [9.17, 15) is 14.4 Å². The van der Waals surface area contributed by atoms with Crippen molar-refractivity contribution >= 4 is 17.7 Å². The molecule has 0 unspecified atom stereocenters. The molecule has 1 N–H and O–H groups in total. The van der Waals surface area contributed by atoms with Gasteiger partial charge in [-0.3, -0.25) is 14.4 Å². The quantitative estimate of drug-likeness (QED) is 0.713. The fourth-order valence-corrected chi connectivity index (χ4v) is 4.50. The Hall–Kier alpha value is -1.89. The van der Waals surface area contributed by atoms with Crippen LogP contribution < -0.4 is 5.32 Å². The van der Waals surface area contributed by atoms with Crippen molar-refractivity contribution in [2.75, 3.05) is 32.7 Å². The summed E-state index contributed by atoms with van der Waals surface area (Å²) in [6.45, 7) is 6.51. The summed E-state index contributed by atoms with van der Waals surface area (Å²) in [4.78, 5) is 41.1. The summed E-state index contributed by atoms with van der Waals surface area (Å²) in [6.07, 6.45) is 4.48. The lowest BCUT2D eigenvalue weighted by Gasteiger charge is -2.32. The van der Waals surface area contributed by atoms with E-state index in [4.69, 9.17) is 4.74 Å². The third kappa shape index (κ3) is 2.56. The van der Waals surface area contributed by atoms with E-state index in [-0.39, 0.29) is 30.4 Å². The van der Waals surface area contributed by atoms with Crippen LogP contribution in [0.2, 0.25) is 0 Å². The molecule has 136 valence electrons. The highest BCUT2D eigenvalue weighted by atomic mass is 16.5. The van der Waals surface area contributed by atoms with E-state index in [1.807, 2.05) is 17.1 Å². The highest BCUT2D eigenvalue weighted by Gasteiger charge is 2.67. The number of ether oxygens (including phenoxy) is 1. The summed E-state index contributed by atoms with van der Waals surface area (Å²) >= 11 is 0. The Morgan fingerprint density at radius 3 is 2.96 bits per heavy atom. The van der Waals surface area contributed by atoms with Gasteiger partial charge in [0.05, 0.1) is 31.0 Å². The minimum Gasteiger partial charge on any atom is -0.360 e. The first-order valence-corrected chi connectivity index (χ1v) is 9.13. The van der Waals surface area contributed by atoms with E-state index < -0.39 is 17.4 Å². The maximum absolute atomic E-state index is 13.1. The molecule has 0 aliphatic carbocycles. The van der Waals surface area contributed by atoms with Crippen LogP contribution >= 0.6 is 0 Å². The maximum atomic E-state index is 13.1. The Labute approximate surface area is 147 Å². The Morgan fingerprint density at radius 2 is 2.24 bits per heavy atom. The predicted octanol–water partition coefficient (Wildman–Crippen LogP) is -0.227. The van der Waals surface area contributed by atoms with Crippen molar-refractivity contribution in [3.05, 3.63) is 12.2 Å². The Bertz CT molecular complexity index is 646. The summed E-state index contributed by atoms with van der Waals surface area (Å²) in [5.41, 5.74) is -0.656. The van der Waals surface area contributed by atoms with Gasteiger partial charge >= 0.3 is 0 Å². The highest BCUT2D eigenvalue weighted by Crippen LogP contribution is 2.52. The molecule has 4 heterocycles. The molecule has 0 aromatic rings. The molecule has 25 heavy (non-hydrogen) atoms. The largest absolute Gasteiger partial charge is 0.360 e. The molecule has 4 aliphatic heterocycles. The van der Waals surface area contributed by atoms with E-state index in [2.05, 4.69) is 19.2 Å². The molecular formula is C18H25N3O4. The maximum Gasteiger partial charge on any atom is 0.239 e. The molecule has 4 rings (SSSR count). The van der Waals surface area contributed by atoms with Crippen molar-refractivity contribution in [1.29, 1.82) is 0 Å². The van der Waals surface area contributed by atoms with Gasteiger partial charge < -0.3 is 19.9 Å². The highest BCUT2D eigenvalue weighted by molar-refractivity contribution is 5.94. The van der Waals surface area contributed by atoms with E-state index in [1.165, 1.54) is 0 Å². The topological polar surface area (TPSA) is 79.0 Å². The van der Waals surface area contributed by atoms with Gasteiger partial charge in [0.2, 0.25) is 17.7 Å². The number of nitrogens with one attached hydrogen (secondary N) is 1. The van der Waals surface area contributed by atoms with Gasteiger partial charge in [0.1, 0.15) is 5.60 Å². The van der Waals surface area contributed by atoms with Gasteiger partial charge in [-0.15, -0.1) is 0 Å². The smallest absolute Gasteiger partial charge is 0.239 e. The standard InChI is InChI=1S/C18H25N3O4/c1-11(2)4-7-21-10-18-5-3-12(25-18)14(15(18)17(21)24)16(23)20-8-6-19-13(22)9-20/h3,5,11-12,14-15H,4,6-10H2,1-2H3,(H,19,22)/t12-,14+,15+,18-/m0/s1. The van der Waals surface area contributed by atoms with Gasteiger partial charge in [0.25, 0.3) is 0 Å². The van der Waals surface area contributed by atoms with Gasteiger partial charge in [0.15, 0.2) is 0 Å². The summed E-state index contributed by atoms with van der Waals surface area (Å²) in [7, 11) is 0. The van der Waals surface area contributed by atoms with Crippen molar-refractivity contribution in [2.24, 2.45) is 17.8 Å². The molecule has 3 saturated heterocycles. The van der Waals surface area contributed by atoms with Crippen LogP contribution in [0.5, 0.6) is 0 Å². The number of piperazine rings is 1. The number of hydrogen-bond acceptors (Lipinski definition) is 4. The van der Waals surface area contributed by atoms with Gasteiger partial charge in [-0.05, 0) is 12.3 Å². The fraction of sp³-hybridized carbons (Fsp3) is 0.722. The molecule has 3 fully saturated rings. The van der Waals surface area contributed by atoms with Crippen LogP contribution in [0.15, 0.2) is 12.2 Å². The second-order valence-corrected chi connectivity index (χ2v) is 7.95. The van der Waals surface area contributed by atoms with Crippen LogP contribution in [-0.4, -0.2) is 72.0 Å². The number of amides is 3. The molecule has 0 radical (unpaired) electrons. The van der Waals surface area contributed by atoms with Crippen LogP contribution in [0.3, 0.4) is 0 Å².